The molecule has 0 atom stereocenters. The van der Waals surface area contributed by atoms with Gasteiger partial charge in [0.15, 0.2) is 11.5 Å². The fraction of sp³-hybridized carbons (Fsp3) is 0.400. The zero-order chi connectivity index (χ0) is 11.4. The Labute approximate surface area is 97.1 Å². The lowest BCUT2D eigenvalue weighted by molar-refractivity contribution is 0.140. The van der Waals surface area contributed by atoms with Gasteiger partial charge in [-0.2, -0.15) is 0 Å². The first-order chi connectivity index (χ1) is 7.11. The van der Waals surface area contributed by atoms with Crippen molar-refractivity contribution in [1.29, 1.82) is 0 Å². The van der Waals surface area contributed by atoms with Crippen molar-refractivity contribution in [2.45, 2.75) is 13.3 Å². The zero-order valence-electron chi connectivity index (χ0n) is 8.71. The summed E-state index contributed by atoms with van der Waals surface area (Å²) in [5.74, 6) is 5.55. The van der Waals surface area contributed by atoms with Crippen LogP contribution in [0.3, 0.4) is 0 Å². The van der Waals surface area contributed by atoms with Crippen LogP contribution in [0.2, 0.25) is 0 Å². The van der Waals surface area contributed by atoms with E-state index in [4.69, 9.17) is 10.6 Å². The number of nitrogens with two attached hydrogens (primary N) is 1. The molecule has 1 aromatic carbocycles. The maximum absolute atomic E-state index is 9.88. The Balaban J connectivity index is 3.15. The number of phenols is 1. The average molecular weight is 276 g/mol. The van der Waals surface area contributed by atoms with Gasteiger partial charge in [0, 0.05) is 16.5 Å². The first-order valence-corrected chi connectivity index (χ1v) is 5.27. The summed E-state index contributed by atoms with van der Waals surface area (Å²) in [7, 11) is 1.51. The van der Waals surface area contributed by atoms with E-state index < -0.39 is 0 Å². The summed E-state index contributed by atoms with van der Waals surface area (Å²) in [5, 5.41) is 9.88. The summed E-state index contributed by atoms with van der Waals surface area (Å²) in [6.45, 7) is 2.27. The van der Waals surface area contributed by atoms with Gasteiger partial charge in [-0.15, -0.1) is 0 Å². The lowest BCUT2D eigenvalue weighted by atomic mass is 10.0. The van der Waals surface area contributed by atoms with Crippen LogP contribution in [-0.4, -0.2) is 18.8 Å². The predicted octanol–water partition coefficient (Wildman–Crippen LogP) is 1.90. The molecular formula is C10H14BrNO3. The number of methoxy groups -OCH3 is 1. The van der Waals surface area contributed by atoms with E-state index in [0.717, 1.165) is 15.6 Å². The third-order valence-corrected chi connectivity index (χ3v) is 3.10. The second-order valence-corrected chi connectivity index (χ2v) is 3.99. The van der Waals surface area contributed by atoms with E-state index in [-0.39, 0.29) is 5.75 Å². The quantitative estimate of drug-likeness (QED) is 0.824. The number of aromatic hydroxyl groups is 1. The van der Waals surface area contributed by atoms with Crippen molar-refractivity contribution in [3.63, 3.8) is 0 Å². The standard InChI is InChI=1S/C10H14BrNO3/c1-6-7(3-4-15-12)10(13)9(14-2)5-8(6)11/h5,13H,3-4,12H2,1-2H3. The van der Waals surface area contributed by atoms with Crippen molar-refractivity contribution in [2.24, 2.45) is 5.90 Å². The Morgan fingerprint density at radius 2 is 2.20 bits per heavy atom. The highest BCUT2D eigenvalue weighted by molar-refractivity contribution is 9.10. The van der Waals surface area contributed by atoms with Crippen molar-refractivity contribution < 1.29 is 14.7 Å². The molecule has 0 aliphatic heterocycles. The first kappa shape index (κ1) is 12.3. The van der Waals surface area contributed by atoms with Crippen LogP contribution in [-0.2, 0) is 11.3 Å². The van der Waals surface area contributed by atoms with Crippen LogP contribution in [0.1, 0.15) is 11.1 Å². The van der Waals surface area contributed by atoms with Gasteiger partial charge in [-0.05, 0) is 18.6 Å². The summed E-state index contributed by atoms with van der Waals surface area (Å²) in [6.07, 6.45) is 0.546. The molecule has 0 bridgehead atoms. The van der Waals surface area contributed by atoms with Gasteiger partial charge in [0.2, 0.25) is 0 Å². The minimum atomic E-state index is 0.148. The molecular weight excluding hydrogens is 262 g/mol. The van der Waals surface area contributed by atoms with Gasteiger partial charge >= 0.3 is 0 Å². The van der Waals surface area contributed by atoms with E-state index >= 15 is 0 Å². The van der Waals surface area contributed by atoms with Crippen molar-refractivity contribution >= 4 is 15.9 Å². The normalized spacial score (nSPS) is 10.4. The van der Waals surface area contributed by atoms with Crippen LogP contribution >= 0.6 is 15.9 Å². The summed E-state index contributed by atoms with van der Waals surface area (Å²) in [4.78, 5) is 4.50. The summed E-state index contributed by atoms with van der Waals surface area (Å²) < 4.78 is 5.94. The van der Waals surface area contributed by atoms with E-state index in [1.165, 1.54) is 7.11 Å². The van der Waals surface area contributed by atoms with Crippen LogP contribution in [0.25, 0.3) is 0 Å². The van der Waals surface area contributed by atoms with Gasteiger partial charge in [0.05, 0.1) is 13.7 Å². The molecule has 0 amide bonds. The van der Waals surface area contributed by atoms with E-state index in [0.29, 0.717) is 18.8 Å². The Bertz CT molecular complexity index is 355. The van der Waals surface area contributed by atoms with E-state index in [1.807, 2.05) is 6.92 Å². The summed E-state index contributed by atoms with van der Waals surface area (Å²) in [6, 6.07) is 1.73. The van der Waals surface area contributed by atoms with Gasteiger partial charge in [-0.25, -0.2) is 5.90 Å². The molecule has 0 unspecified atom stereocenters. The monoisotopic (exact) mass is 275 g/mol. The molecule has 0 fully saturated rings. The topological polar surface area (TPSA) is 64.7 Å². The minimum Gasteiger partial charge on any atom is -0.504 e. The number of phenolic OH excluding ortho intramolecular Hbond substituents is 1. The SMILES string of the molecule is COc1cc(Br)c(C)c(CCON)c1O. The lowest BCUT2D eigenvalue weighted by Crippen LogP contribution is -2.05. The summed E-state index contributed by atoms with van der Waals surface area (Å²) in [5.41, 5.74) is 1.75. The highest BCUT2D eigenvalue weighted by Gasteiger charge is 2.13. The first-order valence-electron chi connectivity index (χ1n) is 4.48. The molecule has 0 aliphatic rings. The molecule has 0 radical (unpaired) electrons. The molecule has 5 heteroatoms. The second kappa shape index (κ2) is 5.34. The van der Waals surface area contributed by atoms with Crippen LogP contribution in [0.4, 0.5) is 0 Å². The smallest absolute Gasteiger partial charge is 0.161 e. The van der Waals surface area contributed by atoms with Crippen LogP contribution in [0, 0.1) is 6.92 Å². The average Bonchev–Trinajstić information content (AvgIpc) is 2.23. The molecule has 3 N–H and O–H groups in total. The minimum absolute atomic E-state index is 0.148. The van der Waals surface area contributed by atoms with Gasteiger partial charge in [-0.1, -0.05) is 15.9 Å². The molecule has 0 saturated heterocycles. The fourth-order valence-electron chi connectivity index (χ4n) is 1.38. The number of halogens is 1. The van der Waals surface area contributed by atoms with Crippen molar-refractivity contribution in [3.8, 4) is 11.5 Å². The molecule has 0 saturated carbocycles. The number of ether oxygens (including phenoxy) is 1. The Kier molecular flexibility index (Phi) is 4.38. The van der Waals surface area contributed by atoms with Gasteiger partial charge in [0.1, 0.15) is 0 Å². The zero-order valence-corrected chi connectivity index (χ0v) is 10.3. The fourth-order valence-corrected chi connectivity index (χ4v) is 1.83. The molecule has 0 spiro atoms. The van der Waals surface area contributed by atoms with Crippen molar-refractivity contribution in [1.82, 2.24) is 0 Å². The Hall–Kier alpha value is -0.780. The molecule has 0 aromatic heterocycles. The molecule has 1 aromatic rings. The second-order valence-electron chi connectivity index (χ2n) is 3.13. The highest BCUT2D eigenvalue weighted by atomic mass is 79.9. The largest absolute Gasteiger partial charge is 0.504 e. The molecule has 84 valence electrons. The maximum atomic E-state index is 9.88. The summed E-state index contributed by atoms with van der Waals surface area (Å²) >= 11 is 3.40. The van der Waals surface area contributed by atoms with Gasteiger partial charge < -0.3 is 14.7 Å². The number of hydrogen-bond acceptors (Lipinski definition) is 4. The molecule has 0 aliphatic carbocycles. The van der Waals surface area contributed by atoms with Crippen LogP contribution in [0.5, 0.6) is 11.5 Å². The molecule has 4 nitrogen and oxygen atoms in total. The van der Waals surface area contributed by atoms with E-state index in [9.17, 15) is 5.11 Å². The van der Waals surface area contributed by atoms with Gasteiger partial charge in [-0.3, -0.25) is 0 Å². The Morgan fingerprint density at radius 3 is 2.73 bits per heavy atom. The molecule has 15 heavy (non-hydrogen) atoms. The highest BCUT2D eigenvalue weighted by Crippen LogP contribution is 2.37. The molecule has 0 heterocycles. The van der Waals surface area contributed by atoms with Crippen LogP contribution < -0.4 is 10.6 Å². The third kappa shape index (κ3) is 2.62. The lowest BCUT2D eigenvalue weighted by Gasteiger charge is -2.13. The van der Waals surface area contributed by atoms with E-state index in [2.05, 4.69) is 20.8 Å². The maximum Gasteiger partial charge on any atom is 0.161 e. The van der Waals surface area contributed by atoms with E-state index in [1.54, 1.807) is 6.07 Å². The van der Waals surface area contributed by atoms with Gasteiger partial charge in [0.25, 0.3) is 0 Å². The van der Waals surface area contributed by atoms with Crippen molar-refractivity contribution in [3.05, 3.63) is 21.7 Å². The molecule has 1 rings (SSSR count). The number of hydrogen-bond donors (Lipinski definition) is 2. The van der Waals surface area contributed by atoms with Crippen LogP contribution in [0.15, 0.2) is 10.5 Å². The van der Waals surface area contributed by atoms with Crippen molar-refractivity contribution in [2.75, 3.05) is 13.7 Å². The number of benzene rings is 1. The third-order valence-electron chi connectivity index (χ3n) is 2.28. The number of rotatable bonds is 4. The predicted molar refractivity (Wildman–Crippen MR) is 60.9 cm³/mol. The Morgan fingerprint density at radius 1 is 1.53 bits per heavy atom.